The molecule has 1 saturated carbocycles. The highest BCUT2D eigenvalue weighted by molar-refractivity contribution is 5.17. The minimum atomic E-state index is -0.388. The Morgan fingerprint density at radius 2 is 2.10 bits per heavy atom. The molecule has 1 aliphatic heterocycles. The zero-order chi connectivity index (χ0) is 15.0. The highest BCUT2D eigenvalue weighted by atomic mass is 16.5. The maximum atomic E-state index is 9.79. The molecular formula is C16H29N3O. The molecule has 0 amide bonds. The summed E-state index contributed by atoms with van der Waals surface area (Å²) < 4.78 is 5.96. The lowest BCUT2D eigenvalue weighted by molar-refractivity contribution is -0.132. The Labute approximate surface area is 123 Å². The van der Waals surface area contributed by atoms with Gasteiger partial charge < -0.3 is 4.74 Å². The summed E-state index contributed by atoms with van der Waals surface area (Å²) in [5, 5.41) is 13.3. The average molecular weight is 279 g/mol. The maximum Gasteiger partial charge on any atom is 0.122 e. The van der Waals surface area contributed by atoms with E-state index in [0.717, 1.165) is 19.6 Å². The number of morpholine rings is 1. The van der Waals surface area contributed by atoms with E-state index < -0.39 is 0 Å². The molecule has 4 nitrogen and oxygen atoms in total. The van der Waals surface area contributed by atoms with Gasteiger partial charge >= 0.3 is 0 Å². The first kappa shape index (κ1) is 15.8. The van der Waals surface area contributed by atoms with Gasteiger partial charge in [-0.25, -0.2) is 0 Å². The van der Waals surface area contributed by atoms with E-state index in [1.165, 1.54) is 12.8 Å². The zero-order valence-corrected chi connectivity index (χ0v) is 13.6. The molecule has 4 heteroatoms. The molecule has 1 heterocycles. The van der Waals surface area contributed by atoms with Crippen molar-refractivity contribution < 1.29 is 4.74 Å². The van der Waals surface area contributed by atoms with E-state index in [4.69, 9.17) is 4.74 Å². The van der Waals surface area contributed by atoms with Gasteiger partial charge in [0.05, 0.1) is 17.8 Å². The van der Waals surface area contributed by atoms with E-state index in [1.54, 1.807) is 0 Å². The van der Waals surface area contributed by atoms with Gasteiger partial charge in [-0.05, 0) is 53.4 Å². The Balaban J connectivity index is 2.09. The van der Waals surface area contributed by atoms with Gasteiger partial charge in [-0.2, -0.15) is 5.26 Å². The van der Waals surface area contributed by atoms with E-state index >= 15 is 0 Å². The van der Waals surface area contributed by atoms with Crippen LogP contribution in [0, 0.1) is 17.2 Å². The summed E-state index contributed by atoms with van der Waals surface area (Å²) in [6, 6.07) is 2.94. The molecule has 114 valence electrons. The molecule has 0 radical (unpaired) electrons. The largest absolute Gasteiger partial charge is 0.370 e. The Morgan fingerprint density at radius 3 is 2.55 bits per heavy atom. The second kappa shape index (κ2) is 5.63. The molecule has 0 spiro atoms. The van der Waals surface area contributed by atoms with Crippen molar-refractivity contribution >= 4 is 0 Å². The molecule has 2 aliphatic rings. The van der Waals surface area contributed by atoms with Gasteiger partial charge in [-0.15, -0.1) is 0 Å². The second-order valence-corrected chi connectivity index (χ2v) is 7.51. The normalized spacial score (nSPS) is 29.9. The molecule has 0 aromatic carbocycles. The monoisotopic (exact) mass is 279 g/mol. The number of rotatable bonds is 5. The quantitative estimate of drug-likeness (QED) is 0.838. The van der Waals surface area contributed by atoms with Crippen LogP contribution in [0.5, 0.6) is 0 Å². The van der Waals surface area contributed by atoms with Crippen LogP contribution in [0.2, 0.25) is 0 Å². The zero-order valence-electron chi connectivity index (χ0n) is 13.6. The van der Waals surface area contributed by atoms with Crippen molar-refractivity contribution in [3.05, 3.63) is 0 Å². The number of nitrogens with one attached hydrogen (secondary N) is 1. The number of nitrogens with zero attached hydrogens (tertiary/aromatic N) is 2. The summed E-state index contributed by atoms with van der Waals surface area (Å²) in [4.78, 5) is 2.41. The lowest BCUT2D eigenvalue weighted by atomic mass is 9.91. The molecule has 1 aliphatic carbocycles. The van der Waals surface area contributed by atoms with Gasteiger partial charge in [0, 0.05) is 25.7 Å². The minimum absolute atomic E-state index is 0.125. The third-order valence-electron chi connectivity index (χ3n) is 4.13. The fourth-order valence-corrected chi connectivity index (χ4v) is 3.60. The van der Waals surface area contributed by atoms with Gasteiger partial charge in [0.1, 0.15) is 5.54 Å². The van der Waals surface area contributed by atoms with Gasteiger partial charge in [0.25, 0.3) is 0 Å². The molecule has 0 aromatic heterocycles. The summed E-state index contributed by atoms with van der Waals surface area (Å²) in [5.41, 5.74) is -0.512. The van der Waals surface area contributed by atoms with Crippen LogP contribution in [-0.4, -0.2) is 47.8 Å². The van der Waals surface area contributed by atoms with Crippen LogP contribution in [0.3, 0.4) is 0 Å². The number of nitriles is 1. The third-order valence-corrected chi connectivity index (χ3v) is 4.13. The molecule has 2 rings (SSSR count). The molecule has 1 N–H and O–H groups in total. The summed E-state index contributed by atoms with van der Waals surface area (Å²) in [5.74, 6) is 0.510. The van der Waals surface area contributed by atoms with E-state index in [9.17, 15) is 5.26 Å². The predicted molar refractivity (Wildman–Crippen MR) is 80.4 cm³/mol. The first-order valence-corrected chi connectivity index (χ1v) is 7.85. The highest BCUT2D eigenvalue weighted by Gasteiger charge is 2.48. The smallest absolute Gasteiger partial charge is 0.122 e. The van der Waals surface area contributed by atoms with Crippen molar-refractivity contribution in [1.82, 2.24) is 10.2 Å². The molecule has 1 saturated heterocycles. The maximum absolute atomic E-state index is 9.79. The lowest BCUT2D eigenvalue weighted by Crippen LogP contribution is -2.61. The first-order chi connectivity index (χ1) is 9.26. The predicted octanol–water partition coefficient (Wildman–Crippen LogP) is 2.16. The van der Waals surface area contributed by atoms with Crippen LogP contribution in [0.15, 0.2) is 0 Å². The second-order valence-electron chi connectivity index (χ2n) is 7.51. The Kier molecular flexibility index (Phi) is 4.44. The van der Waals surface area contributed by atoms with Crippen molar-refractivity contribution in [3.8, 4) is 6.07 Å². The van der Waals surface area contributed by atoms with Crippen LogP contribution in [-0.2, 0) is 4.74 Å². The van der Waals surface area contributed by atoms with Crippen molar-refractivity contribution in [2.24, 2.45) is 5.92 Å². The molecule has 2 atom stereocenters. The minimum Gasteiger partial charge on any atom is -0.370 e. The van der Waals surface area contributed by atoms with Crippen LogP contribution < -0.4 is 5.32 Å². The fourth-order valence-electron chi connectivity index (χ4n) is 3.60. The number of hydrogen-bond acceptors (Lipinski definition) is 4. The molecule has 0 bridgehead atoms. The third kappa shape index (κ3) is 3.72. The molecule has 2 unspecified atom stereocenters. The highest BCUT2D eigenvalue weighted by Crippen LogP contribution is 2.40. The van der Waals surface area contributed by atoms with Crippen molar-refractivity contribution in [3.63, 3.8) is 0 Å². The Hall–Kier alpha value is -0.630. The topological polar surface area (TPSA) is 48.3 Å². The van der Waals surface area contributed by atoms with E-state index in [1.807, 2.05) is 0 Å². The van der Waals surface area contributed by atoms with Crippen molar-refractivity contribution in [2.45, 2.75) is 70.7 Å². The van der Waals surface area contributed by atoms with Crippen molar-refractivity contribution in [2.75, 3.05) is 19.6 Å². The van der Waals surface area contributed by atoms with E-state index in [2.05, 4.69) is 50.9 Å². The SMILES string of the molecule is CC(C)NC(C#N)(CN1CC(C)OC(C)(C)C1)C1CC1. The fraction of sp³-hybridized carbons (Fsp3) is 0.938. The van der Waals surface area contributed by atoms with Gasteiger partial charge in [-0.3, -0.25) is 10.2 Å². The summed E-state index contributed by atoms with van der Waals surface area (Å²) in [6.45, 7) is 13.3. The van der Waals surface area contributed by atoms with Crippen molar-refractivity contribution in [1.29, 1.82) is 5.26 Å². The number of ether oxygens (including phenoxy) is 1. The van der Waals surface area contributed by atoms with Crippen LogP contribution in [0.1, 0.15) is 47.5 Å². The standard InChI is InChI=1S/C16H29N3O/c1-12(2)18-16(9-17,14-6-7-14)11-19-8-13(3)20-15(4,5)10-19/h12-14,18H,6-8,10-11H2,1-5H3. The number of hydrogen-bond donors (Lipinski definition) is 1. The van der Waals surface area contributed by atoms with Crippen LogP contribution in [0.4, 0.5) is 0 Å². The Bertz CT molecular complexity index is 384. The van der Waals surface area contributed by atoms with Gasteiger partial charge in [0.15, 0.2) is 0 Å². The van der Waals surface area contributed by atoms with Gasteiger partial charge in [-0.1, -0.05) is 0 Å². The van der Waals surface area contributed by atoms with E-state index in [-0.39, 0.29) is 17.2 Å². The van der Waals surface area contributed by atoms with Gasteiger partial charge in [0.2, 0.25) is 0 Å². The lowest BCUT2D eigenvalue weighted by Gasteiger charge is -2.45. The van der Waals surface area contributed by atoms with E-state index in [0.29, 0.717) is 12.0 Å². The molecule has 20 heavy (non-hydrogen) atoms. The summed E-state index contributed by atoms with van der Waals surface area (Å²) in [7, 11) is 0. The molecular weight excluding hydrogens is 250 g/mol. The summed E-state index contributed by atoms with van der Waals surface area (Å²) in [6.07, 6.45) is 2.58. The van der Waals surface area contributed by atoms with Crippen LogP contribution >= 0.6 is 0 Å². The van der Waals surface area contributed by atoms with Crippen LogP contribution in [0.25, 0.3) is 0 Å². The molecule has 2 fully saturated rings. The Morgan fingerprint density at radius 1 is 1.45 bits per heavy atom. The average Bonchev–Trinajstić information content (AvgIpc) is 3.08. The summed E-state index contributed by atoms with van der Waals surface area (Å²) >= 11 is 0. The first-order valence-electron chi connectivity index (χ1n) is 7.85. The molecule has 0 aromatic rings.